The minimum absolute atomic E-state index is 0.149. The molecule has 5 aromatic heterocycles. The van der Waals surface area contributed by atoms with Crippen molar-refractivity contribution in [2.24, 2.45) is 0 Å². The Morgan fingerprint density at radius 3 is 1.30 bits per heavy atom. The van der Waals surface area contributed by atoms with E-state index in [1.54, 1.807) is 21.3 Å². The summed E-state index contributed by atoms with van der Waals surface area (Å²) in [7, 11) is 2.45. The lowest BCUT2D eigenvalue weighted by Gasteiger charge is -2.11. The Balaban J connectivity index is 1.22. The summed E-state index contributed by atoms with van der Waals surface area (Å²) in [5.41, 5.74) is 3.15. The van der Waals surface area contributed by atoms with Gasteiger partial charge in [-0.1, -0.05) is 12.1 Å². The Morgan fingerprint density at radius 1 is 0.585 bits per heavy atom. The van der Waals surface area contributed by atoms with Gasteiger partial charge in [0.2, 0.25) is 0 Å². The lowest BCUT2D eigenvalue weighted by Crippen LogP contribution is -2.10. The van der Waals surface area contributed by atoms with Crippen LogP contribution in [-0.4, -0.2) is 44.0 Å². The highest BCUT2D eigenvalue weighted by molar-refractivity contribution is 7.22. The first-order chi connectivity index (χ1) is 25.3. The fourth-order valence-corrected chi connectivity index (χ4v) is 8.97. The standard InChI is InChI=1S/C36H20F6N4O4S3/c1-49-33(47)25-15-29-23(45(25)19-7-3-17(4-8-19)35(37,38)39)13-27(51-29)21-11-12-22(32-31(21)43-53-44-32)28-14-24-30(52-28)16-26(34(48)50-2)46(24)20-9-5-18(6-10-20)36(40,41)42/h3-16H,1-2H3. The van der Waals surface area contributed by atoms with Gasteiger partial charge < -0.3 is 18.6 Å². The van der Waals surface area contributed by atoms with E-state index >= 15 is 0 Å². The first-order valence-electron chi connectivity index (χ1n) is 15.4. The van der Waals surface area contributed by atoms with Gasteiger partial charge in [0.05, 0.1) is 57.5 Å². The minimum Gasteiger partial charge on any atom is -0.464 e. The van der Waals surface area contributed by atoms with E-state index in [0.717, 1.165) is 56.9 Å². The fraction of sp³-hybridized carbons (Fsp3) is 0.111. The first kappa shape index (κ1) is 34.6. The SMILES string of the molecule is COC(=O)c1cc2sc(-c3ccc(-c4cc5c(cc(C(=O)OC)n5-c5ccc(C(F)(F)F)cc5)s4)c4nsnc34)cc2n1-c1ccc(C(F)(F)F)cc1. The average Bonchev–Trinajstić information content (AvgIpc) is 3.96. The molecular weight excluding hydrogens is 763 g/mol. The second-order valence-corrected chi connectivity index (χ2v) is 14.3. The van der Waals surface area contributed by atoms with Crippen LogP contribution in [0.4, 0.5) is 26.3 Å². The molecule has 268 valence electrons. The predicted molar refractivity (Wildman–Crippen MR) is 190 cm³/mol. The van der Waals surface area contributed by atoms with E-state index in [0.29, 0.717) is 42.8 Å². The maximum Gasteiger partial charge on any atom is 0.416 e. The normalized spacial score (nSPS) is 12.3. The van der Waals surface area contributed by atoms with Crippen LogP contribution in [0.25, 0.3) is 63.7 Å². The smallest absolute Gasteiger partial charge is 0.416 e. The summed E-state index contributed by atoms with van der Waals surface area (Å²) in [6.45, 7) is 0. The van der Waals surface area contributed by atoms with Gasteiger partial charge in [0, 0.05) is 32.3 Å². The molecule has 0 radical (unpaired) electrons. The number of hydrogen-bond donors (Lipinski definition) is 0. The molecule has 0 aliphatic carbocycles. The summed E-state index contributed by atoms with van der Waals surface area (Å²) < 4.78 is 103. The molecule has 8 nitrogen and oxygen atoms in total. The Morgan fingerprint density at radius 2 is 0.962 bits per heavy atom. The molecule has 0 N–H and O–H groups in total. The Bertz CT molecular complexity index is 2530. The lowest BCUT2D eigenvalue weighted by molar-refractivity contribution is -0.138. The van der Waals surface area contributed by atoms with Gasteiger partial charge in [-0.15, -0.1) is 22.7 Å². The highest BCUT2D eigenvalue weighted by Crippen LogP contribution is 2.44. The maximum absolute atomic E-state index is 13.3. The number of alkyl halides is 6. The number of fused-ring (bicyclic) bond motifs is 3. The summed E-state index contributed by atoms with van der Waals surface area (Å²) in [5.74, 6) is -1.31. The third-order valence-corrected chi connectivity index (χ3v) is 11.4. The Labute approximate surface area is 306 Å². The van der Waals surface area contributed by atoms with Crippen molar-refractivity contribution in [3.05, 3.63) is 107 Å². The molecule has 0 aliphatic rings. The van der Waals surface area contributed by atoms with Crippen molar-refractivity contribution >= 4 is 77.8 Å². The zero-order chi connectivity index (χ0) is 37.4. The number of rotatable bonds is 6. The number of esters is 2. The van der Waals surface area contributed by atoms with Crippen LogP contribution in [0.1, 0.15) is 32.1 Å². The molecule has 8 rings (SSSR count). The van der Waals surface area contributed by atoms with E-state index in [-0.39, 0.29) is 11.4 Å². The molecule has 0 bridgehead atoms. The van der Waals surface area contributed by atoms with Gasteiger partial charge in [-0.25, -0.2) is 9.59 Å². The molecule has 0 fully saturated rings. The summed E-state index contributed by atoms with van der Waals surface area (Å²) in [4.78, 5) is 27.0. The first-order valence-corrected chi connectivity index (χ1v) is 17.7. The van der Waals surface area contributed by atoms with Crippen LogP contribution < -0.4 is 0 Å². The average molecular weight is 783 g/mol. The second kappa shape index (κ2) is 12.6. The van der Waals surface area contributed by atoms with Gasteiger partial charge in [0.25, 0.3) is 0 Å². The van der Waals surface area contributed by atoms with Crippen LogP contribution in [-0.2, 0) is 21.8 Å². The predicted octanol–water partition coefficient (Wildman–Crippen LogP) is 10.6. The Hall–Kier alpha value is -5.52. The number of nitrogens with zero attached hydrogens (tertiary/aromatic N) is 4. The third-order valence-electron chi connectivity index (χ3n) is 8.62. The zero-order valence-electron chi connectivity index (χ0n) is 27.0. The van der Waals surface area contributed by atoms with E-state index in [4.69, 9.17) is 9.47 Å². The van der Waals surface area contributed by atoms with Gasteiger partial charge in [0.15, 0.2) is 0 Å². The van der Waals surface area contributed by atoms with Crippen LogP contribution in [0.3, 0.4) is 0 Å². The van der Waals surface area contributed by atoms with Crippen LogP contribution in [0.2, 0.25) is 0 Å². The van der Waals surface area contributed by atoms with Gasteiger partial charge in [0.1, 0.15) is 22.4 Å². The van der Waals surface area contributed by atoms with E-state index in [1.165, 1.54) is 61.2 Å². The molecule has 17 heteroatoms. The molecule has 8 aromatic rings. The molecule has 3 aromatic carbocycles. The lowest BCUT2D eigenvalue weighted by atomic mass is 10.1. The molecule has 53 heavy (non-hydrogen) atoms. The summed E-state index contributed by atoms with van der Waals surface area (Å²) in [6.07, 6.45) is -9.05. The zero-order valence-corrected chi connectivity index (χ0v) is 29.4. The monoisotopic (exact) mass is 782 g/mol. The summed E-state index contributed by atoms with van der Waals surface area (Å²) in [6, 6.07) is 19.7. The van der Waals surface area contributed by atoms with Crippen LogP contribution in [0.5, 0.6) is 0 Å². The number of aromatic nitrogens is 4. The van der Waals surface area contributed by atoms with Gasteiger partial charge in [-0.3, -0.25) is 0 Å². The number of ether oxygens (including phenoxy) is 2. The summed E-state index contributed by atoms with van der Waals surface area (Å²) >= 11 is 3.73. The van der Waals surface area contributed by atoms with Gasteiger partial charge in [-0.2, -0.15) is 35.1 Å². The Kier molecular flexibility index (Phi) is 8.19. The highest BCUT2D eigenvalue weighted by atomic mass is 32.1. The van der Waals surface area contributed by atoms with Crippen molar-refractivity contribution in [1.82, 2.24) is 17.9 Å². The molecular formula is C36H20F6N4O4S3. The number of carbonyl (C=O) groups is 2. The molecule has 0 aliphatic heterocycles. The molecule has 0 amide bonds. The number of halogens is 6. The van der Waals surface area contributed by atoms with Crippen molar-refractivity contribution in [2.75, 3.05) is 14.2 Å². The molecule has 0 unspecified atom stereocenters. The van der Waals surface area contributed by atoms with Crippen LogP contribution in [0.15, 0.2) is 84.9 Å². The molecule has 0 saturated heterocycles. The second-order valence-electron chi connectivity index (χ2n) is 11.6. The number of thiophene rings is 2. The fourth-order valence-electron chi connectivity index (χ4n) is 6.18. The van der Waals surface area contributed by atoms with Crippen LogP contribution in [0, 0.1) is 0 Å². The van der Waals surface area contributed by atoms with E-state index in [1.807, 2.05) is 24.3 Å². The van der Waals surface area contributed by atoms with Crippen molar-refractivity contribution in [3.63, 3.8) is 0 Å². The molecule has 5 heterocycles. The van der Waals surface area contributed by atoms with Crippen molar-refractivity contribution in [2.45, 2.75) is 12.4 Å². The number of hydrogen-bond acceptors (Lipinski definition) is 9. The van der Waals surface area contributed by atoms with Crippen LogP contribution >= 0.6 is 34.4 Å². The molecule has 0 atom stereocenters. The van der Waals surface area contributed by atoms with Crippen molar-refractivity contribution in [3.8, 4) is 32.3 Å². The summed E-state index contributed by atoms with van der Waals surface area (Å²) in [5, 5.41) is 0. The van der Waals surface area contributed by atoms with Gasteiger partial charge in [-0.05, 0) is 72.8 Å². The van der Waals surface area contributed by atoms with E-state index in [2.05, 4.69) is 8.75 Å². The largest absolute Gasteiger partial charge is 0.464 e. The van der Waals surface area contributed by atoms with E-state index in [9.17, 15) is 35.9 Å². The number of methoxy groups -OCH3 is 2. The number of benzene rings is 3. The molecule has 0 saturated carbocycles. The third kappa shape index (κ3) is 5.84. The van der Waals surface area contributed by atoms with Crippen molar-refractivity contribution in [1.29, 1.82) is 0 Å². The number of carbonyl (C=O) groups excluding carboxylic acids is 2. The molecule has 0 spiro atoms. The highest BCUT2D eigenvalue weighted by Gasteiger charge is 2.32. The van der Waals surface area contributed by atoms with Gasteiger partial charge >= 0.3 is 24.3 Å². The quantitative estimate of drug-likeness (QED) is 0.123. The minimum atomic E-state index is -4.53. The van der Waals surface area contributed by atoms with E-state index < -0.39 is 35.4 Å². The van der Waals surface area contributed by atoms with Crippen molar-refractivity contribution < 1.29 is 45.4 Å². The maximum atomic E-state index is 13.3. The topological polar surface area (TPSA) is 88.2 Å².